The number of rotatable bonds is 9. The molecule has 0 radical (unpaired) electrons. The minimum Gasteiger partial charge on any atom is -0.339 e. The Balaban J connectivity index is 1.13. The quantitative estimate of drug-likeness (QED) is 0.149. The smallest absolute Gasteiger partial charge is 0.230 e. The predicted octanol–water partition coefficient (Wildman–Crippen LogP) is 10.2. The molecule has 2 aliphatic carbocycles. The zero-order chi connectivity index (χ0) is 36.1. The standard InChI is InChI=1S/C46H35FN6O/c47-37-24-21-32(22-25-37)43-40(30-53(50-43)46(34-15-7-2-8-16-34,35-17-9-3-10-18-35)36-19-11-4-12-20-36)33-23-26-42-48-28-41(52(42)29-33)44-49-45(54-51-44)39-27-38(39)31-13-5-1-6-14-31/h1-19,21-26,28-30,36,38-39H,20,27H2. The van der Waals surface area contributed by atoms with Crippen LogP contribution in [0.1, 0.15) is 47.3 Å². The largest absolute Gasteiger partial charge is 0.339 e. The molecule has 0 aliphatic heterocycles. The van der Waals surface area contributed by atoms with Crippen molar-refractivity contribution in [1.82, 2.24) is 29.3 Å². The molecule has 8 aromatic rings. The van der Waals surface area contributed by atoms with Crippen molar-refractivity contribution in [3.63, 3.8) is 0 Å². The van der Waals surface area contributed by atoms with Gasteiger partial charge in [-0.2, -0.15) is 10.1 Å². The molecule has 3 unspecified atom stereocenters. The van der Waals surface area contributed by atoms with Crippen LogP contribution in [0.2, 0.25) is 0 Å². The molecule has 0 N–H and O–H groups in total. The van der Waals surface area contributed by atoms with Crippen LogP contribution in [0, 0.1) is 11.7 Å². The molecule has 0 saturated heterocycles. The molecule has 54 heavy (non-hydrogen) atoms. The van der Waals surface area contributed by atoms with Gasteiger partial charge in [0, 0.05) is 40.9 Å². The normalized spacial score (nSPS) is 18.0. The van der Waals surface area contributed by atoms with Crippen molar-refractivity contribution < 1.29 is 8.91 Å². The highest BCUT2D eigenvalue weighted by atomic mass is 19.1. The lowest BCUT2D eigenvalue weighted by Crippen LogP contribution is -2.43. The summed E-state index contributed by atoms with van der Waals surface area (Å²) in [5, 5.41) is 9.89. The number of benzene rings is 4. The van der Waals surface area contributed by atoms with Crippen LogP contribution in [0.25, 0.3) is 39.5 Å². The maximum atomic E-state index is 14.3. The summed E-state index contributed by atoms with van der Waals surface area (Å²) in [6.45, 7) is 0. The van der Waals surface area contributed by atoms with E-state index in [2.05, 4.69) is 125 Å². The summed E-state index contributed by atoms with van der Waals surface area (Å²) in [5.41, 5.74) is 7.67. The van der Waals surface area contributed by atoms with Crippen molar-refractivity contribution in [2.24, 2.45) is 5.92 Å². The molecule has 0 amide bonds. The van der Waals surface area contributed by atoms with E-state index in [-0.39, 0.29) is 17.7 Å². The van der Waals surface area contributed by atoms with Gasteiger partial charge in [0.2, 0.25) is 11.7 Å². The Labute approximate surface area is 311 Å². The molecule has 4 heterocycles. The molecule has 1 saturated carbocycles. The number of fused-ring (bicyclic) bond motifs is 1. The number of imidazole rings is 1. The molecule has 4 aromatic heterocycles. The van der Waals surface area contributed by atoms with Gasteiger partial charge in [-0.15, -0.1) is 0 Å². The molecule has 0 bridgehead atoms. The Hall–Kier alpha value is -6.67. The number of hydrogen-bond donors (Lipinski definition) is 0. The Morgan fingerprint density at radius 2 is 1.43 bits per heavy atom. The number of hydrogen-bond acceptors (Lipinski definition) is 5. The summed E-state index contributed by atoms with van der Waals surface area (Å²) in [6.07, 6.45) is 16.5. The zero-order valence-corrected chi connectivity index (χ0v) is 29.3. The van der Waals surface area contributed by atoms with Crippen molar-refractivity contribution in [3.8, 4) is 33.9 Å². The number of halogens is 1. The molecule has 1 fully saturated rings. The average molecular weight is 707 g/mol. The first-order valence-electron chi connectivity index (χ1n) is 18.3. The molecule has 3 atom stereocenters. The lowest BCUT2D eigenvalue weighted by Gasteiger charge is -2.41. The van der Waals surface area contributed by atoms with E-state index in [0.717, 1.165) is 57.7 Å². The minimum atomic E-state index is -0.706. The molecule has 10 rings (SSSR count). The maximum absolute atomic E-state index is 14.3. The number of aromatic nitrogens is 6. The molecule has 8 heteroatoms. The van der Waals surface area contributed by atoms with Crippen molar-refractivity contribution >= 4 is 5.65 Å². The topological polar surface area (TPSA) is 74.0 Å². The van der Waals surface area contributed by atoms with Gasteiger partial charge in [0.05, 0.1) is 6.20 Å². The van der Waals surface area contributed by atoms with E-state index in [4.69, 9.17) is 19.6 Å². The highest BCUT2D eigenvalue weighted by Gasteiger charge is 2.45. The van der Waals surface area contributed by atoms with Crippen LogP contribution in [0.4, 0.5) is 4.39 Å². The second-order valence-corrected chi connectivity index (χ2v) is 14.1. The van der Waals surface area contributed by atoms with Crippen LogP contribution in [-0.4, -0.2) is 29.3 Å². The fourth-order valence-electron chi connectivity index (χ4n) is 8.22. The fraction of sp³-hybridized carbons (Fsp3) is 0.130. The van der Waals surface area contributed by atoms with Gasteiger partial charge in [0.15, 0.2) is 0 Å². The van der Waals surface area contributed by atoms with Crippen LogP contribution >= 0.6 is 0 Å². The van der Waals surface area contributed by atoms with Gasteiger partial charge in [-0.1, -0.05) is 120 Å². The summed E-state index contributed by atoms with van der Waals surface area (Å²) >= 11 is 0. The Kier molecular flexibility index (Phi) is 7.75. The summed E-state index contributed by atoms with van der Waals surface area (Å²) in [7, 11) is 0. The molecule has 0 spiro atoms. The molecule has 262 valence electrons. The van der Waals surface area contributed by atoms with Gasteiger partial charge in [-0.05, 0) is 71.8 Å². The van der Waals surface area contributed by atoms with E-state index in [1.807, 2.05) is 28.7 Å². The maximum Gasteiger partial charge on any atom is 0.230 e. The van der Waals surface area contributed by atoms with E-state index in [9.17, 15) is 4.39 Å². The Morgan fingerprint density at radius 3 is 2.13 bits per heavy atom. The van der Waals surface area contributed by atoms with Gasteiger partial charge in [-0.3, -0.25) is 9.08 Å². The first kappa shape index (κ1) is 32.0. The van der Waals surface area contributed by atoms with E-state index < -0.39 is 5.54 Å². The third kappa shape index (κ3) is 5.41. The second-order valence-electron chi connectivity index (χ2n) is 14.1. The van der Waals surface area contributed by atoms with Gasteiger partial charge in [-0.25, -0.2) is 9.37 Å². The first-order chi connectivity index (χ1) is 26.7. The van der Waals surface area contributed by atoms with E-state index >= 15 is 0 Å². The van der Waals surface area contributed by atoms with Crippen LogP contribution in [0.3, 0.4) is 0 Å². The molecule has 7 nitrogen and oxygen atoms in total. The molecular formula is C46H35FN6O. The van der Waals surface area contributed by atoms with Crippen molar-refractivity contribution in [2.45, 2.75) is 30.2 Å². The lowest BCUT2D eigenvalue weighted by atomic mass is 9.70. The highest BCUT2D eigenvalue weighted by molar-refractivity contribution is 5.81. The van der Waals surface area contributed by atoms with Gasteiger partial charge in [0.1, 0.15) is 28.4 Å². The van der Waals surface area contributed by atoms with Gasteiger partial charge >= 0.3 is 0 Å². The van der Waals surface area contributed by atoms with Crippen molar-refractivity contribution in [1.29, 1.82) is 0 Å². The average Bonchev–Trinajstić information content (AvgIpc) is 3.50. The Morgan fingerprint density at radius 1 is 0.722 bits per heavy atom. The number of nitrogens with zero attached hydrogens (tertiary/aromatic N) is 6. The molecule has 2 aliphatic rings. The SMILES string of the molecule is Fc1ccc(-c2nn(C(c3ccccc3)(c3ccccc3)C3C=CC=CC3)cc2-c2ccc3ncc(-c4noc(C5CC5c5ccccc5)n4)n3c2)cc1. The van der Waals surface area contributed by atoms with Crippen molar-refractivity contribution in [3.05, 3.63) is 199 Å². The van der Waals surface area contributed by atoms with Crippen LogP contribution in [0.15, 0.2) is 175 Å². The second kappa shape index (κ2) is 13.1. The van der Waals surface area contributed by atoms with Gasteiger partial charge in [0.25, 0.3) is 0 Å². The Bertz CT molecular complexity index is 2600. The van der Waals surface area contributed by atoms with Crippen LogP contribution in [0.5, 0.6) is 0 Å². The predicted molar refractivity (Wildman–Crippen MR) is 207 cm³/mol. The molecular weight excluding hydrogens is 672 g/mol. The summed E-state index contributed by atoms with van der Waals surface area (Å²) in [6, 6.07) is 42.3. The summed E-state index contributed by atoms with van der Waals surface area (Å²) in [4.78, 5) is 9.57. The third-order valence-corrected chi connectivity index (χ3v) is 11.0. The van der Waals surface area contributed by atoms with Crippen molar-refractivity contribution in [2.75, 3.05) is 0 Å². The monoisotopic (exact) mass is 706 g/mol. The summed E-state index contributed by atoms with van der Waals surface area (Å²) in [5.74, 6) is 1.48. The van der Waals surface area contributed by atoms with Crippen LogP contribution < -0.4 is 0 Å². The summed E-state index contributed by atoms with van der Waals surface area (Å²) < 4.78 is 24.3. The first-order valence-corrected chi connectivity index (χ1v) is 18.3. The van der Waals surface area contributed by atoms with E-state index in [0.29, 0.717) is 17.6 Å². The third-order valence-electron chi connectivity index (χ3n) is 11.0. The van der Waals surface area contributed by atoms with Crippen LogP contribution in [-0.2, 0) is 5.54 Å². The van der Waals surface area contributed by atoms with E-state index in [1.165, 1.54) is 17.7 Å². The zero-order valence-electron chi connectivity index (χ0n) is 29.3. The molecule has 4 aromatic carbocycles. The fourth-order valence-corrected chi connectivity index (χ4v) is 8.22. The highest BCUT2D eigenvalue weighted by Crippen LogP contribution is 2.54. The van der Waals surface area contributed by atoms with Gasteiger partial charge < -0.3 is 4.52 Å². The number of pyridine rings is 1. The van der Waals surface area contributed by atoms with E-state index in [1.54, 1.807) is 18.3 Å². The minimum absolute atomic E-state index is 0.0456. The lowest BCUT2D eigenvalue weighted by molar-refractivity contribution is 0.293. The number of allylic oxidation sites excluding steroid dienone is 4.